The third-order valence-electron chi connectivity index (χ3n) is 6.45. The number of ether oxygens (including phenoxy) is 1. The zero-order valence-corrected chi connectivity index (χ0v) is 20.6. The first kappa shape index (κ1) is 23.5. The molecule has 5 rings (SSSR count). The maximum atomic E-state index is 13.4. The normalized spacial score (nSPS) is 14.1. The molecule has 1 aliphatic heterocycles. The van der Waals surface area contributed by atoms with E-state index in [9.17, 15) is 9.59 Å². The lowest BCUT2D eigenvalue weighted by atomic mass is 10.1. The molecule has 0 N–H and O–H groups in total. The maximum absolute atomic E-state index is 13.4. The molecule has 0 spiro atoms. The molecule has 3 heterocycles. The molecule has 0 atom stereocenters. The Morgan fingerprint density at radius 2 is 1.75 bits per heavy atom. The molecule has 1 amide bonds. The summed E-state index contributed by atoms with van der Waals surface area (Å²) in [6.45, 7) is 6.81. The van der Waals surface area contributed by atoms with E-state index in [0.29, 0.717) is 37.4 Å². The lowest BCUT2D eigenvalue weighted by molar-refractivity contribution is 0.0525. The first-order chi connectivity index (χ1) is 17.5. The van der Waals surface area contributed by atoms with Gasteiger partial charge in [-0.05, 0) is 62.7 Å². The number of anilines is 1. The molecule has 0 unspecified atom stereocenters. The van der Waals surface area contributed by atoms with E-state index in [4.69, 9.17) is 9.72 Å². The Balaban J connectivity index is 1.29. The minimum atomic E-state index is -0.370. The lowest BCUT2D eigenvalue weighted by Gasteiger charge is -2.23. The van der Waals surface area contributed by atoms with Crippen LogP contribution in [0.3, 0.4) is 0 Å². The van der Waals surface area contributed by atoms with Gasteiger partial charge >= 0.3 is 5.97 Å². The quantitative estimate of drug-likeness (QED) is 0.395. The van der Waals surface area contributed by atoms with Crippen LogP contribution in [-0.2, 0) is 4.74 Å². The Labute approximate surface area is 210 Å². The Hall–Kier alpha value is -4.20. The number of imidazole rings is 1. The number of benzene rings is 2. The van der Waals surface area contributed by atoms with E-state index in [1.54, 1.807) is 19.2 Å². The first-order valence-electron chi connectivity index (χ1n) is 12.3. The van der Waals surface area contributed by atoms with E-state index in [0.717, 1.165) is 41.3 Å². The van der Waals surface area contributed by atoms with Crippen LogP contribution in [0.25, 0.3) is 16.7 Å². The maximum Gasteiger partial charge on any atom is 0.339 e. The standard InChI is InChI=1S/C28H29N5O3/c1-3-36-28(35)22-11-13-26(29-19-22)31-14-7-15-32(17-16-31)27(34)21-10-12-25-24(18-21)30-20(2)33(25)23-8-5-4-6-9-23/h4-6,8-13,18-19H,3,7,14-17H2,1-2H3. The van der Waals surface area contributed by atoms with Gasteiger partial charge in [-0.1, -0.05) is 18.2 Å². The van der Waals surface area contributed by atoms with Crippen molar-refractivity contribution in [2.75, 3.05) is 37.7 Å². The van der Waals surface area contributed by atoms with Gasteiger partial charge in [0.15, 0.2) is 0 Å². The van der Waals surface area contributed by atoms with Crippen LogP contribution in [-0.4, -0.2) is 64.1 Å². The summed E-state index contributed by atoms with van der Waals surface area (Å²) in [6.07, 6.45) is 2.38. The number of carbonyl (C=O) groups is 2. The SMILES string of the molecule is CCOC(=O)c1ccc(N2CCCN(C(=O)c3ccc4c(c3)nc(C)n4-c3ccccc3)CC2)nc1. The number of esters is 1. The van der Waals surface area contributed by atoms with Crippen molar-refractivity contribution >= 4 is 28.7 Å². The van der Waals surface area contributed by atoms with E-state index in [-0.39, 0.29) is 11.9 Å². The van der Waals surface area contributed by atoms with E-state index >= 15 is 0 Å². The number of carbonyl (C=O) groups excluding carboxylic acids is 2. The summed E-state index contributed by atoms with van der Waals surface area (Å²) in [7, 11) is 0. The summed E-state index contributed by atoms with van der Waals surface area (Å²) in [5, 5.41) is 0. The van der Waals surface area contributed by atoms with Crippen LogP contribution < -0.4 is 4.90 Å². The number of hydrogen-bond acceptors (Lipinski definition) is 6. The van der Waals surface area contributed by atoms with Gasteiger partial charge in [0.2, 0.25) is 0 Å². The van der Waals surface area contributed by atoms with Crippen LogP contribution in [0.1, 0.15) is 39.9 Å². The van der Waals surface area contributed by atoms with E-state index in [1.807, 2.05) is 54.3 Å². The van der Waals surface area contributed by atoms with Crippen molar-refractivity contribution in [2.24, 2.45) is 0 Å². The lowest BCUT2D eigenvalue weighted by Crippen LogP contribution is -2.35. The second-order valence-corrected chi connectivity index (χ2v) is 8.79. The molecule has 8 heteroatoms. The van der Waals surface area contributed by atoms with Crippen molar-refractivity contribution in [2.45, 2.75) is 20.3 Å². The van der Waals surface area contributed by atoms with Gasteiger partial charge in [-0.25, -0.2) is 14.8 Å². The van der Waals surface area contributed by atoms with Crippen molar-refractivity contribution in [3.63, 3.8) is 0 Å². The summed E-state index contributed by atoms with van der Waals surface area (Å²) in [5.41, 5.74) is 3.92. The summed E-state index contributed by atoms with van der Waals surface area (Å²) in [6, 6.07) is 19.4. The van der Waals surface area contributed by atoms with E-state index in [1.165, 1.54) is 0 Å². The molecule has 0 bridgehead atoms. The minimum absolute atomic E-state index is 0.0104. The van der Waals surface area contributed by atoms with Crippen LogP contribution >= 0.6 is 0 Å². The number of nitrogens with zero attached hydrogens (tertiary/aromatic N) is 5. The van der Waals surface area contributed by atoms with Crippen molar-refractivity contribution in [1.29, 1.82) is 0 Å². The number of aromatic nitrogens is 3. The molecule has 1 aliphatic rings. The van der Waals surface area contributed by atoms with Crippen molar-refractivity contribution in [3.05, 3.63) is 83.8 Å². The Morgan fingerprint density at radius 3 is 2.50 bits per heavy atom. The smallest absolute Gasteiger partial charge is 0.339 e. The highest BCUT2D eigenvalue weighted by Gasteiger charge is 2.22. The van der Waals surface area contributed by atoms with Gasteiger partial charge in [-0.3, -0.25) is 9.36 Å². The Kier molecular flexibility index (Phi) is 6.66. The molecule has 2 aromatic heterocycles. The van der Waals surface area contributed by atoms with Crippen LogP contribution in [0.15, 0.2) is 66.9 Å². The summed E-state index contributed by atoms with van der Waals surface area (Å²) >= 11 is 0. The van der Waals surface area contributed by atoms with Crippen LogP contribution in [0, 0.1) is 6.92 Å². The van der Waals surface area contributed by atoms with Crippen LogP contribution in [0.4, 0.5) is 5.82 Å². The van der Waals surface area contributed by atoms with E-state index < -0.39 is 0 Å². The fraction of sp³-hybridized carbons (Fsp3) is 0.286. The summed E-state index contributed by atoms with van der Waals surface area (Å²) in [4.78, 5) is 38.5. The molecule has 4 aromatic rings. The Morgan fingerprint density at radius 1 is 0.944 bits per heavy atom. The molecule has 36 heavy (non-hydrogen) atoms. The molecule has 0 aliphatic carbocycles. The molecule has 184 valence electrons. The molecule has 1 fully saturated rings. The minimum Gasteiger partial charge on any atom is -0.462 e. The monoisotopic (exact) mass is 483 g/mol. The molecule has 0 radical (unpaired) electrons. The highest BCUT2D eigenvalue weighted by molar-refractivity contribution is 5.97. The summed E-state index contributed by atoms with van der Waals surface area (Å²) in [5.74, 6) is 1.31. The number of pyridine rings is 1. The average Bonchev–Trinajstić information content (AvgIpc) is 3.06. The van der Waals surface area contributed by atoms with Crippen LogP contribution in [0.2, 0.25) is 0 Å². The Bertz CT molecular complexity index is 1380. The topological polar surface area (TPSA) is 80.6 Å². The third-order valence-corrected chi connectivity index (χ3v) is 6.45. The van der Waals surface area contributed by atoms with Gasteiger partial charge in [0, 0.05) is 43.6 Å². The molecular formula is C28H29N5O3. The number of amides is 1. The number of hydrogen-bond donors (Lipinski definition) is 0. The number of fused-ring (bicyclic) bond motifs is 1. The fourth-order valence-corrected chi connectivity index (χ4v) is 4.68. The van der Waals surface area contributed by atoms with Crippen molar-refractivity contribution in [3.8, 4) is 5.69 Å². The van der Waals surface area contributed by atoms with Gasteiger partial charge in [0.25, 0.3) is 5.91 Å². The van der Waals surface area contributed by atoms with Gasteiger partial charge < -0.3 is 14.5 Å². The fourth-order valence-electron chi connectivity index (χ4n) is 4.68. The highest BCUT2D eigenvalue weighted by Crippen LogP contribution is 2.23. The van der Waals surface area contributed by atoms with Crippen LogP contribution in [0.5, 0.6) is 0 Å². The zero-order valence-electron chi connectivity index (χ0n) is 20.6. The molecule has 8 nitrogen and oxygen atoms in total. The predicted molar refractivity (Wildman–Crippen MR) is 139 cm³/mol. The second-order valence-electron chi connectivity index (χ2n) is 8.79. The van der Waals surface area contributed by atoms with E-state index in [2.05, 4.69) is 26.6 Å². The van der Waals surface area contributed by atoms with Gasteiger partial charge in [0.05, 0.1) is 23.2 Å². The summed E-state index contributed by atoms with van der Waals surface area (Å²) < 4.78 is 7.14. The average molecular weight is 484 g/mol. The van der Waals surface area contributed by atoms with Crippen molar-refractivity contribution in [1.82, 2.24) is 19.4 Å². The van der Waals surface area contributed by atoms with Gasteiger partial charge in [0.1, 0.15) is 11.6 Å². The largest absolute Gasteiger partial charge is 0.462 e. The number of rotatable bonds is 5. The highest BCUT2D eigenvalue weighted by atomic mass is 16.5. The zero-order chi connectivity index (χ0) is 25.1. The van der Waals surface area contributed by atoms with Gasteiger partial charge in [-0.2, -0.15) is 0 Å². The van der Waals surface area contributed by atoms with Gasteiger partial charge in [-0.15, -0.1) is 0 Å². The second kappa shape index (κ2) is 10.2. The van der Waals surface area contributed by atoms with Crippen molar-refractivity contribution < 1.29 is 14.3 Å². The number of para-hydroxylation sites is 1. The third kappa shape index (κ3) is 4.66. The molecule has 0 saturated carbocycles. The molecular weight excluding hydrogens is 454 g/mol. The number of aryl methyl sites for hydroxylation is 1. The predicted octanol–water partition coefficient (Wildman–Crippen LogP) is 4.26. The first-order valence-corrected chi connectivity index (χ1v) is 12.3. The molecule has 2 aromatic carbocycles. The molecule has 1 saturated heterocycles.